The van der Waals surface area contributed by atoms with Gasteiger partial charge >= 0.3 is 0 Å². The molecular formula is C14H18N4O. The van der Waals surface area contributed by atoms with Gasteiger partial charge in [0.2, 0.25) is 0 Å². The van der Waals surface area contributed by atoms with Gasteiger partial charge in [0, 0.05) is 17.9 Å². The molecule has 1 aromatic carbocycles. The summed E-state index contributed by atoms with van der Waals surface area (Å²) in [6, 6.07) is 7.84. The number of nitrogens with one attached hydrogen (secondary N) is 2. The molecule has 0 bridgehead atoms. The summed E-state index contributed by atoms with van der Waals surface area (Å²) < 4.78 is 0. The van der Waals surface area contributed by atoms with Gasteiger partial charge in [-0.25, -0.2) is 0 Å². The number of aromatic nitrogens is 2. The third-order valence-electron chi connectivity index (χ3n) is 2.79. The molecule has 0 aliphatic carbocycles. The Morgan fingerprint density at radius 3 is 2.53 bits per heavy atom. The first-order chi connectivity index (χ1) is 9.06. The predicted molar refractivity (Wildman–Crippen MR) is 75.1 cm³/mol. The van der Waals surface area contributed by atoms with E-state index in [9.17, 15) is 4.79 Å². The molecule has 0 aliphatic rings. The summed E-state index contributed by atoms with van der Waals surface area (Å²) in [5.74, 6) is -0.147. The number of aromatic amines is 1. The van der Waals surface area contributed by atoms with Gasteiger partial charge in [0.1, 0.15) is 0 Å². The number of hydrogen-bond donors (Lipinski definition) is 2. The van der Waals surface area contributed by atoms with Gasteiger partial charge < -0.3 is 10.2 Å². The van der Waals surface area contributed by atoms with E-state index in [0.29, 0.717) is 5.56 Å². The van der Waals surface area contributed by atoms with Crippen molar-refractivity contribution in [3.63, 3.8) is 0 Å². The van der Waals surface area contributed by atoms with Crippen molar-refractivity contribution in [1.82, 2.24) is 15.1 Å². The Morgan fingerprint density at radius 1 is 1.32 bits per heavy atom. The van der Waals surface area contributed by atoms with Crippen LogP contribution >= 0.6 is 0 Å². The van der Waals surface area contributed by atoms with Crippen LogP contribution in [-0.2, 0) is 6.54 Å². The van der Waals surface area contributed by atoms with Crippen LogP contribution in [0.25, 0.3) is 0 Å². The van der Waals surface area contributed by atoms with Crippen LogP contribution < -0.4 is 5.32 Å². The highest BCUT2D eigenvalue weighted by Crippen LogP contribution is 2.13. The Hall–Kier alpha value is -2.14. The molecule has 0 fully saturated rings. The van der Waals surface area contributed by atoms with E-state index in [1.165, 1.54) is 11.8 Å². The lowest BCUT2D eigenvalue weighted by Gasteiger charge is -2.10. The van der Waals surface area contributed by atoms with E-state index in [0.717, 1.165) is 17.9 Å². The van der Waals surface area contributed by atoms with Gasteiger partial charge in [0.25, 0.3) is 5.91 Å². The van der Waals surface area contributed by atoms with Gasteiger partial charge in [-0.3, -0.25) is 9.89 Å². The second-order valence-electron chi connectivity index (χ2n) is 4.80. The molecule has 0 spiro atoms. The maximum Gasteiger partial charge on any atom is 0.259 e. The van der Waals surface area contributed by atoms with E-state index in [1.807, 2.05) is 45.3 Å². The summed E-state index contributed by atoms with van der Waals surface area (Å²) in [5, 5.41) is 9.44. The van der Waals surface area contributed by atoms with E-state index < -0.39 is 0 Å². The number of carbonyl (C=O) groups excluding carboxylic acids is 1. The van der Waals surface area contributed by atoms with Gasteiger partial charge in [-0.05, 0) is 38.7 Å². The zero-order valence-electron chi connectivity index (χ0n) is 11.4. The number of nitrogens with zero attached hydrogens (tertiary/aromatic N) is 2. The number of H-pyrrole nitrogens is 1. The van der Waals surface area contributed by atoms with E-state index in [-0.39, 0.29) is 5.91 Å². The van der Waals surface area contributed by atoms with Gasteiger partial charge in [-0.2, -0.15) is 5.10 Å². The van der Waals surface area contributed by atoms with Crippen molar-refractivity contribution in [3.05, 3.63) is 47.3 Å². The van der Waals surface area contributed by atoms with Crippen molar-refractivity contribution in [1.29, 1.82) is 0 Å². The summed E-state index contributed by atoms with van der Waals surface area (Å²) in [7, 11) is 4.05. The van der Waals surface area contributed by atoms with Crippen LogP contribution in [0.3, 0.4) is 0 Å². The molecule has 19 heavy (non-hydrogen) atoms. The highest BCUT2D eigenvalue weighted by molar-refractivity contribution is 6.04. The third kappa shape index (κ3) is 3.42. The molecular weight excluding hydrogens is 240 g/mol. The number of anilines is 1. The molecule has 5 heteroatoms. The van der Waals surface area contributed by atoms with E-state index in [2.05, 4.69) is 20.4 Å². The predicted octanol–water partition coefficient (Wildman–Crippen LogP) is 2.03. The maximum atomic E-state index is 12.0. The van der Waals surface area contributed by atoms with Gasteiger partial charge in [-0.15, -0.1) is 0 Å². The summed E-state index contributed by atoms with van der Waals surface area (Å²) in [6.45, 7) is 2.71. The van der Waals surface area contributed by atoms with E-state index >= 15 is 0 Å². The van der Waals surface area contributed by atoms with Crippen LogP contribution in [0.4, 0.5) is 5.69 Å². The lowest BCUT2D eigenvalue weighted by atomic mass is 10.2. The second kappa shape index (κ2) is 5.67. The zero-order valence-corrected chi connectivity index (χ0v) is 11.4. The third-order valence-corrected chi connectivity index (χ3v) is 2.79. The standard InChI is InChI=1S/C14H18N4O/c1-10-13(8-15-17-10)14(19)16-12-6-4-11(5-7-12)9-18(2)3/h4-8H,9H2,1-3H3,(H,15,17)(H,16,19). The van der Waals surface area contributed by atoms with Crippen molar-refractivity contribution in [3.8, 4) is 0 Å². The maximum absolute atomic E-state index is 12.0. The SMILES string of the molecule is Cc1[nH]ncc1C(=O)Nc1ccc(CN(C)C)cc1. The molecule has 5 nitrogen and oxygen atoms in total. The number of benzene rings is 1. The monoisotopic (exact) mass is 258 g/mol. The van der Waals surface area contributed by atoms with Crippen LogP contribution in [0.2, 0.25) is 0 Å². The van der Waals surface area contributed by atoms with Crippen LogP contribution in [0.5, 0.6) is 0 Å². The number of hydrogen-bond acceptors (Lipinski definition) is 3. The number of carbonyl (C=O) groups is 1. The van der Waals surface area contributed by atoms with Gasteiger partial charge in [0.05, 0.1) is 11.8 Å². The molecule has 1 heterocycles. The fourth-order valence-electron chi connectivity index (χ4n) is 1.84. The molecule has 2 aromatic rings. The fraction of sp³-hybridized carbons (Fsp3) is 0.286. The number of rotatable bonds is 4. The molecule has 0 unspecified atom stereocenters. The summed E-state index contributed by atoms with van der Waals surface area (Å²) >= 11 is 0. The quantitative estimate of drug-likeness (QED) is 0.882. The topological polar surface area (TPSA) is 61.0 Å². The second-order valence-corrected chi connectivity index (χ2v) is 4.80. The molecule has 0 saturated heterocycles. The highest BCUT2D eigenvalue weighted by atomic mass is 16.1. The van der Waals surface area contributed by atoms with Gasteiger partial charge in [0.15, 0.2) is 0 Å². The first-order valence-corrected chi connectivity index (χ1v) is 6.11. The minimum absolute atomic E-state index is 0.147. The Balaban J connectivity index is 2.04. The largest absolute Gasteiger partial charge is 0.322 e. The Morgan fingerprint density at radius 2 is 2.00 bits per heavy atom. The lowest BCUT2D eigenvalue weighted by molar-refractivity contribution is 0.102. The lowest BCUT2D eigenvalue weighted by Crippen LogP contribution is -2.13. The molecule has 0 saturated carbocycles. The summed E-state index contributed by atoms with van der Waals surface area (Å²) in [6.07, 6.45) is 1.53. The molecule has 0 radical (unpaired) electrons. The normalized spacial score (nSPS) is 10.7. The summed E-state index contributed by atoms with van der Waals surface area (Å²) in [5.41, 5.74) is 3.33. The molecule has 2 N–H and O–H groups in total. The van der Waals surface area contributed by atoms with Crippen LogP contribution in [0.1, 0.15) is 21.6 Å². The van der Waals surface area contributed by atoms with Crippen molar-refractivity contribution < 1.29 is 4.79 Å². The smallest absolute Gasteiger partial charge is 0.259 e. The van der Waals surface area contributed by atoms with Crippen molar-refractivity contribution in [2.24, 2.45) is 0 Å². The van der Waals surface area contributed by atoms with Crippen LogP contribution in [0, 0.1) is 6.92 Å². The van der Waals surface area contributed by atoms with E-state index in [1.54, 1.807) is 0 Å². The van der Waals surface area contributed by atoms with E-state index in [4.69, 9.17) is 0 Å². The highest BCUT2D eigenvalue weighted by Gasteiger charge is 2.10. The van der Waals surface area contributed by atoms with Gasteiger partial charge in [-0.1, -0.05) is 12.1 Å². The molecule has 2 rings (SSSR count). The first kappa shape index (κ1) is 13.3. The van der Waals surface area contributed by atoms with Crippen molar-refractivity contribution in [2.75, 3.05) is 19.4 Å². The first-order valence-electron chi connectivity index (χ1n) is 6.11. The average molecular weight is 258 g/mol. The van der Waals surface area contributed by atoms with Crippen LogP contribution in [0.15, 0.2) is 30.5 Å². The zero-order chi connectivity index (χ0) is 13.8. The molecule has 0 atom stereocenters. The van der Waals surface area contributed by atoms with Crippen molar-refractivity contribution in [2.45, 2.75) is 13.5 Å². The molecule has 100 valence electrons. The fourth-order valence-corrected chi connectivity index (χ4v) is 1.84. The minimum atomic E-state index is -0.147. The average Bonchev–Trinajstić information content (AvgIpc) is 2.77. The molecule has 1 aromatic heterocycles. The Kier molecular flexibility index (Phi) is 3.97. The Bertz CT molecular complexity index is 557. The minimum Gasteiger partial charge on any atom is -0.322 e. The van der Waals surface area contributed by atoms with Crippen molar-refractivity contribution >= 4 is 11.6 Å². The number of aryl methyl sites for hydroxylation is 1. The molecule has 1 amide bonds. The Labute approximate surface area is 112 Å². The van der Waals surface area contributed by atoms with Crippen LogP contribution in [-0.4, -0.2) is 35.1 Å². The molecule has 0 aliphatic heterocycles. The number of amides is 1. The summed E-state index contributed by atoms with van der Waals surface area (Å²) in [4.78, 5) is 14.1.